The van der Waals surface area contributed by atoms with Crippen LogP contribution in [0, 0.1) is 0 Å². The Morgan fingerprint density at radius 2 is 1.93 bits per heavy atom. The number of benzene rings is 1. The van der Waals surface area contributed by atoms with Crippen molar-refractivity contribution in [3.63, 3.8) is 0 Å². The number of carbonyl (C=O) groups is 1. The van der Waals surface area contributed by atoms with E-state index in [1.54, 1.807) is 39.7 Å². The smallest absolute Gasteiger partial charge is 0.283 e. The van der Waals surface area contributed by atoms with Gasteiger partial charge in [0.05, 0.1) is 17.5 Å². The summed E-state index contributed by atoms with van der Waals surface area (Å²) < 4.78 is 26.9. The number of hydrazone groups is 1. The second kappa shape index (κ2) is 7.41. The van der Waals surface area contributed by atoms with E-state index in [2.05, 4.69) is 15.7 Å². The van der Waals surface area contributed by atoms with Gasteiger partial charge in [0.1, 0.15) is 0 Å². The normalized spacial score (nSPS) is 20.6. The molecule has 0 spiro atoms. The standard InChI is InChI=1S/C18H23N5O3S/c24-18(16-12-17-19-8-11-23(17)21-16)20-13-14-4-6-15(7-5-14)27(25,26)22-9-2-1-3-10-22/h4-7,12,19H,1-3,8-11,13H2,(H,20,24)/q+1. The van der Waals surface area contributed by atoms with Crippen molar-refractivity contribution in [2.45, 2.75) is 30.7 Å². The lowest BCUT2D eigenvalue weighted by molar-refractivity contribution is -0.114. The zero-order valence-electron chi connectivity index (χ0n) is 15.0. The van der Waals surface area contributed by atoms with E-state index < -0.39 is 10.0 Å². The molecule has 143 valence electrons. The second-order valence-electron chi connectivity index (χ2n) is 6.86. The third kappa shape index (κ3) is 3.76. The van der Waals surface area contributed by atoms with Crippen LogP contribution in [0.1, 0.15) is 24.8 Å². The van der Waals surface area contributed by atoms with E-state index in [1.165, 1.54) is 0 Å². The van der Waals surface area contributed by atoms with E-state index in [0.29, 0.717) is 30.2 Å². The lowest BCUT2D eigenvalue weighted by Gasteiger charge is -2.25. The number of rotatable bonds is 5. The molecule has 2 N–H and O–H groups in total. The summed E-state index contributed by atoms with van der Waals surface area (Å²) in [5.74, 6) is 0.608. The molecule has 0 unspecified atom stereocenters. The molecule has 2 fully saturated rings. The molecule has 0 aromatic heterocycles. The first-order chi connectivity index (χ1) is 13.0. The number of hydrogen-bond acceptors (Lipinski definition) is 6. The molecule has 1 amide bonds. The maximum atomic E-state index is 12.7. The molecule has 2 saturated heterocycles. The predicted molar refractivity (Wildman–Crippen MR) is 101 cm³/mol. The molecule has 0 saturated carbocycles. The maximum Gasteiger partial charge on any atom is 0.283 e. The van der Waals surface area contributed by atoms with Gasteiger partial charge in [-0.15, -0.1) is 0 Å². The fraction of sp³-hybridized carbons (Fsp3) is 0.444. The largest absolute Gasteiger partial charge is 0.346 e. The Hall–Kier alpha value is -2.23. The van der Waals surface area contributed by atoms with Gasteiger partial charge in [0, 0.05) is 24.6 Å². The number of carbonyl (C=O) groups excluding carboxylic acids is 1. The molecular formula is C18H23N5O3S+. The molecule has 4 rings (SSSR count). The van der Waals surface area contributed by atoms with Crippen molar-refractivity contribution in [3.05, 3.63) is 41.7 Å². The minimum absolute atomic E-state index is 0.247. The second-order valence-corrected chi connectivity index (χ2v) is 8.79. The van der Waals surface area contributed by atoms with Crippen LogP contribution in [-0.4, -0.2) is 50.5 Å². The summed E-state index contributed by atoms with van der Waals surface area (Å²) in [5, 5.41) is 12.0. The van der Waals surface area contributed by atoms with E-state index in [0.717, 1.165) is 43.7 Å². The van der Waals surface area contributed by atoms with Crippen molar-refractivity contribution < 1.29 is 13.2 Å². The quantitative estimate of drug-likeness (QED) is 0.714. The number of nitrogens with zero attached hydrogens (tertiary/aromatic N) is 3. The van der Waals surface area contributed by atoms with E-state index in [4.69, 9.17) is 0 Å². The van der Waals surface area contributed by atoms with Gasteiger partial charge in [-0.25, -0.2) is 8.42 Å². The van der Waals surface area contributed by atoms with Crippen molar-refractivity contribution in [1.82, 2.24) is 19.9 Å². The number of hydrogen-bond donors (Lipinski definition) is 2. The highest BCUT2D eigenvalue weighted by Gasteiger charge is 2.37. The van der Waals surface area contributed by atoms with Crippen molar-refractivity contribution in [2.75, 3.05) is 26.2 Å². The summed E-state index contributed by atoms with van der Waals surface area (Å²) in [5.41, 5.74) is 1.22. The Morgan fingerprint density at radius 3 is 2.63 bits per heavy atom. The molecule has 9 heteroatoms. The van der Waals surface area contributed by atoms with E-state index >= 15 is 0 Å². The number of sulfonamides is 1. The Labute approximate surface area is 159 Å². The fourth-order valence-electron chi connectivity index (χ4n) is 3.44. The van der Waals surface area contributed by atoms with Crippen LogP contribution in [0.25, 0.3) is 0 Å². The fourth-order valence-corrected chi connectivity index (χ4v) is 4.95. The predicted octanol–water partition coefficient (Wildman–Crippen LogP) is 0.432. The summed E-state index contributed by atoms with van der Waals surface area (Å²) in [7, 11) is -3.43. The molecule has 3 heterocycles. The van der Waals surface area contributed by atoms with Gasteiger partial charge < -0.3 is 10.6 Å². The first-order valence-electron chi connectivity index (χ1n) is 9.23. The van der Waals surface area contributed by atoms with Gasteiger partial charge in [0.25, 0.3) is 11.7 Å². The Morgan fingerprint density at radius 1 is 1.19 bits per heavy atom. The molecule has 3 aliphatic heterocycles. The average Bonchev–Trinajstić information content (AvgIpc) is 3.29. The monoisotopic (exact) mass is 389 g/mol. The zero-order valence-corrected chi connectivity index (χ0v) is 15.8. The van der Waals surface area contributed by atoms with E-state index in [9.17, 15) is 13.2 Å². The lowest BCUT2D eigenvalue weighted by atomic mass is 10.2. The molecule has 1 aromatic carbocycles. The van der Waals surface area contributed by atoms with E-state index in [1.807, 2.05) is 0 Å². The third-order valence-corrected chi connectivity index (χ3v) is 6.88. The molecule has 8 nitrogen and oxygen atoms in total. The molecule has 27 heavy (non-hydrogen) atoms. The van der Waals surface area contributed by atoms with Crippen LogP contribution in [0.2, 0.25) is 0 Å². The molecule has 0 atom stereocenters. The topological polar surface area (TPSA) is 96.8 Å². The van der Waals surface area contributed by atoms with Crippen LogP contribution in [-0.2, 0) is 21.4 Å². The molecule has 0 bridgehead atoms. The van der Waals surface area contributed by atoms with Gasteiger partial charge in [-0.2, -0.15) is 4.31 Å². The average molecular weight is 389 g/mol. The summed E-state index contributed by atoms with van der Waals surface area (Å²) in [6.45, 7) is 3.08. The minimum Gasteiger partial charge on any atom is -0.346 e. The number of amides is 1. The maximum absolute atomic E-state index is 12.7. The lowest BCUT2D eigenvalue weighted by Crippen LogP contribution is -2.35. The Kier molecular flexibility index (Phi) is 4.98. The zero-order chi connectivity index (χ0) is 18.9. The molecule has 0 aliphatic carbocycles. The van der Waals surface area contributed by atoms with Crippen LogP contribution in [0.15, 0.2) is 46.2 Å². The third-order valence-electron chi connectivity index (χ3n) is 4.97. The van der Waals surface area contributed by atoms with Gasteiger partial charge in [0.15, 0.2) is 12.3 Å². The van der Waals surface area contributed by atoms with Crippen molar-refractivity contribution in [1.29, 1.82) is 0 Å². The van der Waals surface area contributed by atoms with Gasteiger partial charge in [-0.3, -0.25) is 4.79 Å². The van der Waals surface area contributed by atoms with Crippen molar-refractivity contribution >= 4 is 21.6 Å². The number of fused-ring (bicyclic) bond motifs is 1. The van der Waals surface area contributed by atoms with Gasteiger partial charge in [0.2, 0.25) is 10.0 Å². The highest BCUT2D eigenvalue weighted by atomic mass is 32.2. The van der Waals surface area contributed by atoms with Crippen LogP contribution in [0.5, 0.6) is 0 Å². The molecular weight excluding hydrogens is 366 g/mol. The number of piperidine rings is 1. The summed E-state index contributed by atoms with van der Waals surface area (Å²) in [6, 6.07) is 6.71. The first kappa shape index (κ1) is 18.1. The number of nitrogens with one attached hydrogen (secondary N) is 2. The SMILES string of the molecule is O=C(NCc1ccc(S(=O)(=O)N2CCCCC2)cc1)C1=N[N+]2CCNC2=C1. The highest BCUT2D eigenvalue weighted by molar-refractivity contribution is 7.89. The highest BCUT2D eigenvalue weighted by Crippen LogP contribution is 2.21. The summed E-state index contributed by atoms with van der Waals surface area (Å²) in [4.78, 5) is 12.5. The molecule has 3 aliphatic rings. The van der Waals surface area contributed by atoms with Gasteiger partial charge >= 0.3 is 0 Å². The van der Waals surface area contributed by atoms with E-state index in [-0.39, 0.29) is 5.91 Å². The van der Waals surface area contributed by atoms with Crippen LogP contribution < -0.4 is 15.6 Å². The van der Waals surface area contributed by atoms with Gasteiger partial charge in [-0.05, 0) is 35.6 Å². The Balaban J connectivity index is 1.36. The van der Waals surface area contributed by atoms with Crippen molar-refractivity contribution in [3.8, 4) is 0 Å². The van der Waals surface area contributed by atoms with Crippen LogP contribution in [0.4, 0.5) is 0 Å². The van der Waals surface area contributed by atoms with Crippen LogP contribution in [0.3, 0.4) is 0 Å². The van der Waals surface area contributed by atoms with Crippen LogP contribution >= 0.6 is 0 Å². The molecule has 1 radical (unpaired) electrons. The minimum atomic E-state index is -3.43. The summed E-state index contributed by atoms with van der Waals surface area (Å²) >= 11 is 0. The summed E-state index contributed by atoms with van der Waals surface area (Å²) in [6.07, 6.45) is 4.64. The molecule has 1 aromatic rings. The van der Waals surface area contributed by atoms with Gasteiger partial charge in [-0.1, -0.05) is 18.6 Å². The Bertz CT molecular complexity index is 886. The first-order valence-corrected chi connectivity index (χ1v) is 10.7. The van der Waals surface area contributed by atoms with Crippen molar-refractivity contribution in [2.24, 2.45) is 5.10 Å².